The third-order valence-electron chi connectivity index (χ3n) is 1.83. The summed E-state index contributed by atoms with van der Waals surface area (Å²) < 4.78 is 36.3. The van der Waals surface area contributed by atoms with Crippen LogP contribution in [-0.4, -0.2) is 7.05 Å². The molecule has 0 aliphatic rings. The Morgan fingerprint density at radius 1 is 1.00 bits per heavy atom. The first-order valence-corrected chi connectivity index (χ1v) is 4.13. The SMILES string of the molecule is CN.Cc1ccc(C(F)(F)F)cc1C. The Hall–Kier alpha value is -1.03. The number of hydrogen-bond donors (Lipinski definition) is 1. The molecule has 1 aromatic carbocycles. The number of aryl methyl sites for hydroxylation is 2. The van der Waals surface area contributed by atoms with E-state index < -0.39 is 11.7 Å². The number of nitrogens with two attached hydrogens (primary N) is 1. The molecule has 0 saturated carbocycles. The second-order valence-corrected chi connectivity index (χ2v) is 2.80. The van der Waals surface area contributed by atoms with Crippen molar-refractivity contribution in [1.82, 2.24) is 0 Å². The molecular formula is C10H14F3N. The van der Waals surface area contributed by atoms with Crippen LogP contribution in [0.5, 0.6) is 0 Å². The number of halogens is 3. The lowest BCUT2D eigenvalue weighted by Gasteiger charge is -2.08. The second kappa shape index (κ2) is 5.00. The Bertz CT molecular complexity index is 292. The molecule has 14 heavy (non-hydrogen) atoms. The third kappa shape index (κ3) is 3.38. The maximum absolute atomic E-state index is 12.1. The van der Waals surface area contributed by atoms with Gasteiger partial charge in [0.05, 0.1) is 5.56 Å². The van der Waals surface area contributed by atoms with Crippen LogP contribution in [0.4, 0.5) is 13.2 Å². The van der Waals surface area contributed by atoms with E-state index in [1.165, 1.54) is 13.1 Å². The summed E-state index contributed by atoms with van der Waals surface area (Å²) in [4.78, 5) is 0. The summed E-state index contributed by atoms with van der Waals surface area (Å²) >= 11 is 0. The number of rotatable bonds is 0. The molecule has 4 heteroatoms. The fraction of sp³-hybridized carbons (Fsp3) is 0.400. The molecule has 0 saturated heterocycles. The molecule has 1 nitrogen and oxygen atoms in total. The number of alkyl halides is 3. The Labute approximate surface area is 81.7 Å². The van der Waals surface area contributed by atoms with Gasteiger partial charge in [0.15, 0.2) is 0 Å². The molecule has 0 fully saturated rings. The zero-order valence-electron chi connectivity index (χ0n) is 8.44. The molecule has 1 rings (SSSR count). The number of hydrogen-bond acceptors (Lipinski definition) is 1. The fourth-order valence-corrected chi connectivity index (χ4v) is 0.918. The largest absolute Gasteiger partial charge is 0.416 e. The summed E-state index contributed by atoms with van der Waals surface area (Å²) in [5.74, 6) is 0. The maximum Gasteiger partial charge on any atom is 0.416 e. The van der Waals surface area contributed by atoms with E-state index in [1.54, 1.807) is 13.8 Å². The highest BCUT2D eigenvalue weighted by Gasteiger charge is 2.30. The third-order valence-corrected chi connectivity index (χ3v) is 1.83. The van der Waals surface area contributed by atoms with Crippen LogP contribution in [0, 0.1) is 13.8 Å². The highest BCUT2D eigenvalue weighted by Crippen LogP contribution is 2.30. The zero-order valence-corrected chi connectivity index (χ0v) is 8.44. The molecule has 2 N–H and O–H groups in total. The topological polar surface area (TPSA) is 26.0 Å². The second-order valence-electron chi connectivity index (χ2n) is 2.80. The maximum atomic E-state index is 12.1. The van der Waals surface area contributed by atoms with Crippen LogP contribution in [0.15, 0.2) is 18.2 Å². The first-order chi connectivity index (χ1) is 6.41. The summed E-state index contributed by atoms with van der Waals surface area (Å²) in [5.41, 5.74) is 5.47. The van der Waals surface area contributed by atoms with Crippen molar-refractivity contribution < 1.29 is 13.2 Å². The minimum Gasteiger partial charge on any atom is -0.333 e. The van der Waals surface area contributed by atoms with Crippen molar-refractivity contribution in [3.05, 3.63) is 34.9 Å². The van der Waals surface area contributed by atoms with Crippen molar-refractivity contribution in [2.45, 2.75) is 20.0 Å². The minimum absolute atomic E-state index is 0.578. The van der Waals surface area contributed by atoms with E-state index in [-0.39, 0.29) is 0 Å². The van der Waals surface area contributed by atoms with Crippen LogP contribution in [0.1, 0.15) is 16.7 Å². The Morgan fingerprint density at radius 2 is 1.50 bits per heavy atom. The summed E-state index contributed by atoms with van der Waals surface area (Å²) in [6, 6.07) is 3.75. The predicted octanol–water partition coefficient (Wildman–Crippen LogP) is 2.90. The van der Waals surface area contributed by atoms with Gasteiger partial charge in [-0.15, -0.1) is 0 Å². The molecule has 0 atom stereocenters. The van der Waals surface area contributed by atoms with Gasteiger partial charge in [0.2, 0.25) is 0 Å². The van der Waals surface area contributed by atoms with Crippen LogP contribution in [0.3, 0.4) is 0 Å². The lowest BCUT2D eigenvalue weighted by Crippen LogP contribution is -2.05. The average Bonchev–Trinajstić information content (AvgIpc) is 2.11. The van der Waals surface area contributed by atoms with Crippen molar-refractivity contribution in [2.75, 3.05) is 7.05 Å². The number of benzene rings is 1. The summed E-state index contributed by atoms with van der Waals surface area (Å²) in [5, 5.41) is 0. The van der Waals surface area contributed by atoms with Crippen molar-refractivity contribution >= 4 is 0 Å². The van der Waals surface area contributed by atoms with Gasteiger partial charge in [-0.2, -0.15) is 13.2 Å². The molecular weight excluding hydrogens is 191 g/mol. The van der Waals surface area contributed by atoms with Gasteiger partial charge in [-0.3, -0.25) is 0 Å². The first kappa shape index (κ1) is 13.0. The fourth-order valence-electron chi connectivity index (χ4n) is 0.918. The molecule has 0 aliphatic heterocycles. The molecule has 0 heterocycles. The van der Waals surface area contributed by atoms with E-state index in [2.05, 4.69) is 5.73 Å². The molecule has 0 radical (unpaired) electrons. The molecule has 0 spiro atoms. The van der Waals surface area contributed by atoms with Crippen molar-refractivity contribution in [3.8, 4) is 0 Å². The van der Waals surface area contributed by atoms with E-state index in [1.807, 2.05) is 0 Å². The molecule has 0 unspecified atom stereocenters. The van der Waals surface area contributed by atoms with Gasteiger partial charge in [0.1, 0.15) is 0 Å². The van der Waals surface area contributed by atoms with Gasteiger partial charge in [-0.25, -0.2) is 0 Å². The normalized spacial score (nSPS) is 10.5. The van der Waals surface area contributed by atoms with E-state index in [0.717, 1.165) is 17.7 Å². The summed E-state index contributed by atoms with van der Waals surface area (Å²) in [6.07, 6.45) is -4.22. The first-order valence-electron chi connectivity index (χ1n) is 4.13. The molecule has 0 aliphatic carbocycles. The molecule has 1 aromatic rings. The van der Waals surface area contributed by atoms with Crippen LogP contribution in [0.2, 0.25) is 0 Å². The van der Waals surface area contributed by atoms with Gasteiger partial charge in [-0.1, -0.05) is 6.07 Å². The van der Waals surface area contributed by atoms with Gasteiger partial charge in [-0.05, 0) is 44.2 Å². The van der Waals surface area contributed by atoms with Crippen molar-refractivity contribution in [2.24, 2.45) is 5.73 Å². The van der Waals surface area contributed by atoms with E-state index >= 15 is 0 Å². The Kier molecular flexibility index (Phi) is 4.63. The van der Waals surface area contributed by atoms with Gasteiger partial charge in [0.25, 0.3) is 0 Å². The quantitative estimate of drug-likeness (QED) is 0.692. The lowest BCUT2D eigenvalue weighted by molar-refractivity contribution is -0.137. The van der Waals surface area contributed by atoms with E-state index in [0.29, 0.717) is 5.56 Å². The monoisotopic (exact) mass is 205 g/mol. The predicted molar refractivity (Wildman–Crippen MR) is 51.0 cm³/mol. The Morgan fingerprint density at radius 3 is 1.86 bits per heavy atom. The van der Waals surface area contributed by atoms with Gasteiger partial charge < -0.3 is 5.73 Å². The summed E-state index contributed by atoms with van der Waals surface area (Å²) in [6.45, 7) is 3.46. The van der Waals surface area contributed by atoms with E-state index in [4.69, 9.17) is 0 Å². The van der Waals surface area contributed by atoms with Gasteiger partial charge >= 0.3 is 6.18 Å². The Balaban J connectivity index is 0.000000791. The van der Waals surface area contributed by atoms with Crippen LogP contribution >= 0.6 is 0 Å². The highest BCUT2D eigenvalue weighted by atomic mass is 19.4. The van der Waals surface area contributed by atoms with E-state index in [9.17, 15) is 13.2 Å². The van der Waals surface area contributed by atoms with Crippen LogP contribution in [0.25, 0.3) is 0 Å². The van der Waals surface area contributed by atoms with Crippen molar-refractivity contribution in [3.63, 3.8) is 0 Å². The van der Waals surface area contributed by atoms with Gasteiger partial charge in [0, 0.05) is 0 Å². The average molecular weight is 205 g/mol. The van der Waals surface area contributed by atoms with Crippen LogP contribution < -0.4 is 5.73 Å². The standard InChI is InChI=1S/C9H9F3.CH5N/c1-6-3-4-8(5-7(6)2)9(10,11)12;1-2/h3-5H,1-2H3;2H2,1H3. The smallest absolute Gasteiger partial charge is 0.333 e. The van der Waals surface area contributed by atoms with Crippen LogP contribution in [-0.2, 0) is 6.18 Å². The lowest BCUT2D eigenvalue weighted by atomic mass is 10.1. The van der Waals surface area contributed by atoms with Crippen molar-refractivity contribution in [1.29, 1.82) is 0 Å². The molecule has 0 amide bonds. The molecule has 0 aromatic heterocycles. The highest BCUT2D eigenvalue weighted by molar-refractivity contribution is 5.31. The molecule has 0 bridgehead atoms. The minimum atomic E-state index is -4.22. The molecule has 80 valence electrons. The summed E-state index contributed by atoms with van der Waals surface area (Å²) in [7, 11) is 1.50. The zero-order chi connectivity index (χ0) is 11.4.